The highest BCUT2D eigenvalue weighted by Crippen LogP contribution is 2.34. The van der Waals surface area contributed by atoms with Gasteiger partial charge >= 0.3 is 0 Å². The molecule has 4 N–H and O–H groups in total. The van der Waals surface area contributed by atoms with Crippen LogP contribution >= 0.6 is 0 Å². The lowest BCUT2D eigenvalue weighted by molar-refractivity contribution is 0.269. The third-order valence-electron chi connectivity index (χ3n) is 2.63. The fourth-order valence-corrected chi connectivity index (χ4v) is 1.74. The van der Waals surface area contributed by atoms with Crippen LogP contribution in [0.25, 0.3) is 0 Å². The molecule has 0 fully saturated rings. The van der Waals surface area contributed by atoms with Crippen LogP contribution in [0.4, 0.5) is 5.69 Å². The smallest absolute Gasteiger partial charge is 0.144 e. The van der Waals surface area contributed by atoms with E-state index in [9.17, 15) is 15.3 Å². The minimum absolute atomic E-state index is 0.0529. The molecule has 0 amide bonds. The van der Waals surface area contributed by atoms with E-state index in [0.717, 1.165) is 5.56 Å². The van der Waals surface area contributed by atoms with Crippen LogP contribution in [0.5, 0.6) is 5.75 Å². The van der Waals surface area contributed by atoms with E-state index >= 15 is 0 Å². The largest absolute Gasteiger partial charge is 0.505 e. The third-order valence-corrected chi connectivity index (χ3v) is 2.63. The highest BCUT2D eigenvalue weighted by Gasteiger charge is 2.17. The predicted octanol–water partition coefficient (Wildman–Crippen LogP) is 1.90. The van der Waals surface area contributed by atoms with Crippen LogP contribution in [0.15, 0.2) is 6.07 Å². The monoisotopic (exact) mass is 239 g/mol. The molecule has 0 aromatic heterocycles. The van der Waals surface area contributed by atoms with Crippen LogP contribution in [-0.2, 0) is 13.2 Å². The number of nitrogens with one attached hydrogen (secondary N) is 1. The molecular weight excluding hydrogens is 218 g/mol. The van der Waals surface area contributed by atoms with Crippen molar-refractivity contribution in [1.29, 1.82) is 0 Å². The maximum Gasteiger partial charge on any atom is 0.144 e. The lowest BCUT2D eigenvalue weighted by atomic mass is 9.99. The first-order valence-corrected chi connectivity index (χ1v) is 5.64. The molecule has 1 rings (SSSR count). The Morgan fingerprint density at radius 3 is 2.18 bits per heavy atom. The summed E-state index contributed by atoms with van der Waals surface area (Å²) in [5, 5.41) is 31.7. The van der Waals surface area contributed by atoms with E-state index in [1.54, 1.807) is 13.0 Å². The molecule has 0 aliphatic carbocycles. The Morgan fingerprint density at radius 1 is 1.18 bits per heavy atom. The van der Waals surface area contributed by atoms with Gasteiger partial charge in [0.1, 0.15) is 5.75 Å². The summed E-state index contributed by atoms with van der Waals surface area (Å²) >= 11 is 0. The first-order valence-electron chi connectivity index (χ1n) is 5.64. The number of hydrogen-bond acceptors (Lipinski definition) is 4. The van der Waals surface area contributed by atoms with Crippen molar-refractivity contribution in [2.75, 3.05) is 5.32 Å². The Kier molecular flexibility index (Phi) is 4.01. The van der Waals surface area contributed by atoms with Crippen LogP contribution in [0, 0.1) is 6.92 Å². The van der Waals surface area contributed by atoms with Gasteiger partial charge in [0.15, 0.2) is 0 Å². The number of aliphatic hydroxyl groups is 2. The van der Waals surface area contributed by atoms with Gasteiger partial charge in [-0.15, -0.1) is 0 Å². The fourth-order valence-electron chi connectivity index (χ4n) is 1.74. The van der Waals surface area contributed by atoms with E-state index in [1.165, 1.54) is 0 Å². The number of aliphatic hydroxyl groups excluding tert-OH is 2. The van der Waals surface area contributed by atoms with Crippen LogP contribution < -0.4 is 5.32 Å². The highest BCUT2D eigenvalue weighted by atomic mass is 16.3. The molecule has 0 saturated carbocycles. The normalized spacial score (nSPS) is 11.6. The molecule has 1 aromatic carbocycles. The van der Waals surface area contributed by atoms with Crippen LogP contribution in [0.1, 0.15) is 37.5 Å². The van der Waals surface area contributed by atoms with E-state index in [4.69, 9.17) is 0 Å². The zero-order valence-corrected chi connectivity index (χ0v) is 10.8. The summed E-state index contributed by atoms with van der Waals surface area (Å²) in [4.78, 5) is 0. The molecule has 1 aromatic rings. The number of rotatable bonds is 3. The molecule has 0 aliphatic heterocycles. The molecule has 0 aliphatic rings. The van der Waals surface area contributed by atoms with Gasteiger partial charge < -0.3 is 20.6 Å². The van der Waals surface area contributed by atoms with Crippen LogP contribution in [0.2, 0.25) is 0 Å². The zero-order chi connectivity index (χ0) is 13.2. The van der Waals surface area contributed by atoms with E-state index in [0.29, 0.717) is 16.8 Å². The molecule has 17 heavy (non-hydrogen) atoms. The summed E-state index contributed by atoms with van der Waals surface area (Å²) in [6, 6.07) is 1.72. The van der Waals surface area contributed by atoms with Crippen molar-refractivity contribution >= 4 is 5.69 Å². The number of aromatic hydroxyl groups is 1. The van der Waals surface area contributed by atoms with Crippen LogP contribution in [0.3, 0.4) is 0 Å². The molecular formula is C13H21NO3. The first-order chi connectivity index (χ1) is 7.80. The Balaban J connectivity index is 3.31. The minimum Gasteiger partial charge on any atom is -0.505 e. The summed E-state index contributed by atoms with van der Waals surface area (Å²) in [6.07, 6.45) is 0. The van der Waals surface area contributed by atoms with Crippen LogP contribution in [-0.4, -0.2) is 20.9 Å². The second-order valence-corrected chi connectivity index (χ2v) is 5.23. The maximum absolute atomic E-state index is 10.0. The fraction of sp³-hybridized carbons (Fsp3) is 0.538. The van der Waals surface area contributed by atoms with Gasteiger partial charge in [0, 0.05) is 11.1 Å². The molecule has 0 heterocycles. The Morgan fingerprint density at radius 2 is 1.76 bits per heavy atom. The van der Waals surface area contributed by atoms with Crippen molar-refractivity contribution in [3.05, 3.63) is 22.8 Å². The highest BCUT2D eigenvalue weighted by molar-refractivity contribution is 5.64. The molecule has 0 radical (unpaired) electrons. The minimum atomic E-state index is -0.246. The average molecular weight is 239 g/mol. The van der Waals surface area contributed by atoms with E-state index < -0.39 is 0 Å². The number of anilines is 1. The van der Waals surface area contributed by atoms with Gasteiger partial charge in [0.25, 0.3) is 0 Å². The summed E-state index contributed by atoms with van der Waals surface area (Å²) < 4.78 is 0. The molecule has 0 unspecified atom stereocenters. The third kappa shape index (κ3) is 3.11. The quantitative estimate of drug-likeness (QED) is 0.608. The molecule has 4 nitrogen and oxygen atoms in total. The van der Waals surface area contributed by atoms with Crippen molar-refractivity contribution in [1.82, 2.24) is 0 Å². The van der Waals surface area contributed by atoms with Gasteiger partial charge in [-0.1, -0.05) is 0 Å². The van der Waals surface area contributed by atoms with E-state index in [-0.39, 0.29) is 24.5 Å². The van der Waals surface area contributed by atoms with Gasteiger partial charge in [-0.3, -0.25) is 0 Å². The Bertz CT molecular complexity index is 408. The Labute approximate surface area is 102 Å². The first kappa shape index (κ1) is 13.8. The summed E-state index contributed by atoms with van der Waals surface area (Å²) in [5.41, 5.74) is 2.23. The number of hydrogen-bond donors (Lipinski definition) is 4. The van der Waals surface area contributed by atoms with Crippen molar-refractivity contribution in [3.63, 3.8) is 0 Å². The van der Waals surface area contributed by atoms with Crippen molar-refractivity contribution in [2.45, 2.75) is 46.4 Å². The number of benzene rings is 1. The predicted molar refractivity (Wildman–Crippen MR) is 68.1 cm³/mol. The second kappa shape index (κ2) is 4.94. The average Bonchev–Trinajstić information content (AvgIpc) is 2.21. The van der Waals surface area contributed by atoms with Crippen molar-refractivity contribution < 1.29 is 15.3 Å². The van der Waals surface area contributed by atoms with Crippen molar-refractivity contribution in [2.24, 2.45) is 0 Å². The lowest BCUT2D eigenvalue weighted by Gasteiger charge is -2.25. The van der Waals surface area contributed by atoms with Gasteiger partial charge in [-0.05, 0) is 44.9 Å². The molecule has 4 heteroatoms. The van der Waals surface area contributed by atoms with Gasteiger partial charge in [0.2, 0.25) is 0 Å². The van der Waals surface area contributed by atoms with E-state index in [1.807, 2.05) is 20.8 Å². The van der Waals surface area contributed by atoms with Gasteiger partial charge in [-0.25, -0.2) is 0 Å². The summed E-state index contributed by atoms with van der Waals surface area (Å²) in [7, 11) is 0. The maximum atomic E-state index is 10.0. The standard InChI is InChI=1S/C13H21NO3/c1-8-9(6-15)5-11(14-13(2,3)4)12(17)10(8)7-16/h5,14-17H,6-7H2,1-4H3. The summed E-state index contributed by atoms with van der Waals surface area (Å²) in [5.74, 6) is 0.0529. The molecule has 0 saturated heterocycles. The topological polar surface area (TPSA) is 72.7 Å². The lowest BCUT2D eigenvalue weighted by Crippen LogP contribution is -2.26. The molecule has 96 valence electrons. The van der Waals surface area contributed by atoms with Gasteiger partial charge in [-0.2, -0.15) is 0 Å². The SMILES string of the molecule is Cc1c(CO)cc(NC(C)(C)C)c(O)c1CO. The zero-order valence-electron chi connectivity index (χ0n) is 10.8. The number of phenols is 1. The van der Waals surface area contributed by atoms with Gasteiger partial charge in [0.05, 0.1) is 18.9 Å². The van der Waals surface area contributed by atoms with Crippen molar-refractivity contribution in [3.8, 4) is 5.75 Å². The molecule has 0 atom stereocenters. The second-order valence-electron chi connectivity index (χ2n) is 5.23. The summed E-state index contributed by atoms with van der Waals surface area (Å²) in [6.45, 7) is 7.34. The molecule has 0 bridgehead atoms. The Hall–Kier alpha value is -1.26. The molecule has 0 spiro atoms. The van der Waals surface area contributed by atoms with E-state index in [2.05, 4.69) is 5.32 Å².